The smallest absolute Gasteiger partial charge is 0.124 e. The fraction of sp³-hybridized carbons (Fsp3) is 0.400. The normalized spacial score (nSPS) is 12.6. The highest BCUT2D eigenvalue weighted by Crippen LogP contribution is 2.09. The van der Waals surface area contributed by atoms with Crippen molar-refractivity contribution in [3.63, 3.8) is 0 Å². The van der Waals surface area contributed by atoms with E-state index in [1.807, 2.05) is 19.1 Å². The molecule has 1 rings (SSSR count). The molecule has 0 saturated carbocycles. The van der Waals surface area contributed by atoms with Crippen LogP contribution in [0.5, 0.6) is 0 Å². The Hall–Kier alpha value is -1.02. The fourth-order valence-corrected chi connectivity index (χ4v) is 0.943. The van der Waals surface area contributed by atoms with Gasteiger partial charge in [0.1, 0.15) is 6.23 Å². The summed E-state index contributed by atoms with van der Waals surface area (Å²) in [6.45, 7) is 4.05. The van der Waals surface area contributed by atoms with Crippen LogP contribution in [0, 0.1) is 6.92 Å². The zero-order valence-electron chi connectivity index (χ0n) is 7.79. The number of hydrogen-bond acceptors (Lipinski definition) is 2. The molecule has 0 bridgehead atoms. The fourth-order valence-electron chi connectivity index (χ4n) is 0.943. The molecule has 1 atom stereocenters. The summed E-state index contributed by atoms with van der Waals surface area (Å²) in [5.41, 5.74) is 2.36. The third-order valence-corrected chi connectivity index (χ3v) is 1.78. The molecule has 0 spiro atoms. The van der Waals surface area contributed by atoms with Gasteiger partial charge in [-0.15, -0.1) is 0 Å². The quantitative estimate of drug-likeness (QED) is 0.694. The minimum atomic E-state index is 0.0627. The lowest BCUT2D eigenvalue weighted by Gasteiger charge is -2.12. The van der Waals surface area contributed by atoms with E-state index >= 15 is 0 Å². The minimum absolute atomic E-state index is 0.0627. The van der Waals surface area contributed by atoms with E-state index in [0.717, 1.165) is 5.69 Å². The van der Waals surface area contributed by atoms with Crippen LogP contribution in [-0.2, 0) is 4.74 Å². The average Bonchev–Trinajstić information content (AvgIpc) is 2.09. The highest BCUT2D eigenvalue weighted by Gasteiger charge is 1.97. The van der Waals surface area contributed by atoms with Gasteiger partial charge in [-0.2, -0.15) is 0 Å². The van der Waals surface area contributed by atoms with E-state index < -0.39 is 0 Å². The molecular formula is C10H15NO. The summed E-state index contributed by atoms with van der Waals surface area (Å²) in [6.07, 6.45) is 0.0627. The highest BCUT2D eigenvalue weighted by atomic mass is 16.5. The third kappa shape index (κ3) is 2.55. The van der Waals surface area contributed by atoms with Crippen molar-refractivity contribution in [3.05, 3.63) is 29.8 Å². The van der Waals surface area contributed by atoms with Gasteiger partial charge in [0.25, 0.3) is 0 Å². The summed E-state index contributed by atoms with van der Waals surface area (Å²) in [6, 6.07) is 8.24. The summed E-state index contributed by atoms with van der Waals surface area (Å²) in [7, 11) is 1.69. The summed E-state index contributed by atoms with van der Waals surface area (Å²) in [4.78, 5) is 0. The van der Waals surface area contributed by atoms with Crippen molar-refractivity contribution in [2.45, 2.75) is 20.1 Å². The number of methoxy groups -OCH3 is 1. The lowest BCUT2D eigenvalue weighted by Crippen LogP contribution is -2.16. The number of nitrogens with one attached hydrogen (secondary N) is 1. The van der Waals surface area contributed by atoms with Gasteiger partial charge in [0.05, 0.1) is 0 Å². The van der Waals surface area contributed by atoms with Gasteiger partial charge in [-0.3, -0.25) is 0 Å². The molecule has 12 heavy (non-hydrogen) atoms. The zero-order valence-corrected chi connectivity index (χ0v) is 7.79. The predicted molar refractivity (Wildman–Crippen MR) is 51.3 cm³/mol. The van der Waals surface area contributed by atoms with Crippen LogP contribution >= 0.6 is 0 Å². The van der Waals surface area contributed by atoms with Crippen LogP contribution in [0.15, 0.2) is 24.3 Å². The van der Waals surface area contributed by atoms with E-state index in [4.69, 9.17) is 4.74 Å². The molecule has 1 unspecified atom stereocenters. The first-order chi connectivity index (χ1) is 5.72. The molecule has 0 radical (unpaired) electrons. The van der Waals surface area contributed by atoms with Gasteiger partial charge < -0.3 is 10.1 Å². The van der Waals surface area contributed by atoms with E-state index in [0.29, 0.717) is 0 Å². The van der Waals surface area contributed by atoms with Crippen molar-refractivity contribution < 1.29 is 4.74 Å². The standard InChI is InChI=1S/C10H15NO/c1-8-4-6-10(7-5-8)11-9(2)12-3/h4-7,9,11H,1-3H3. The molecule has 0 aliphatic carbocycles. The second-order valence-electron chi connectivity index (χ2n) is 2.89. The molecule has 0 heterocycles. The molecule has 1 N–H and O–H groups in total. The van der Waals surface area contributed by atoms with Crippen molar-refractivity contribution in [1.29, 1.82) is 0 Å². The molecule has 0 aliphatic heterocycles. The maximum atomic E-state index is 5.07. The Bertz CT molecular complexity index is 230. The van der Waals surface area contributed by atoms with Gasteiger partial charge in [0.2, 0.25) is 0 Å². The predicted octanol–water partition coefficient (Wildman–Crippen LogP) is 2.40. The summed E-state index contributed by atoms with van der Waals surface area (Å²) in [5.74, 6) is 0. The maximum Gasteiger partial charge on any atom is 0.124 e. The van der Waals surface area contributed by atoms with Gasteiger partial charge in [0, 0.05) is 12.8 Å². The summed E-state index contributed by atoms with van der Waals surface area (Å²) < 4.78 is 5.07. The summed E-state index contributed by atoms with van der Waals surface area (Å²) >= 11 is 0. The Kier molecular flexibility index (Phi) is 3.11. The minimum Gasteiger partial charge on any atom is -0.362 e. The molecule has 1 aromatic rings. The van der Waals surface area contributed by atoms with Crippen LogP contribution in [0.4, 0.5) is 5.69 Å². The Labute approximate surface area is 73.6 Å². The molecule has 2 nitrogen and oxygen atoms in total. The maximum absolute atomic E-state index is 5.07. The van der Waals surface area contributed by atoms with E-state index in [2.05, 4.69) is 24.4 Å². The molecule has 1 aromatic carbocycles. The van der Waals surface area contributed by atoms with Gasteiger partial charge in [-0.05, 0) is 26.0 Å². The molecule has 2 heteroatoms. The topological polar surface area (TPSA) is 21.3 Å². The van der Waals surface area contributed by atoms with Gasteiger partial charge in [-0.25, -0.2) is 0 Å². The molecule has 0 amide bonds. The van der Waals surface area contributed by atoms with Crippen LogP contribution in [0.2, 0.25) is 0 Å². The average molecular weight is 165 g/mol. The third-order valence-electron chi connectivity index (χ3n) is 1.78. The molecule has 0 fully saturated rings. The number of rotatable bonds is 3. The monoisotopic (exact) mass is 165 g/mol. The van der Waals surface area contributed by atoms with E-state index in [9.17, 15) is 0 Å². The second kappa shape index (κ2) is 4.12. The van der Waals surface area contributed by atoms with Crippen LogP contribution in [0.1, 0.15) is 12.5 Å². The number of aryl methyl sites for hydroxylation is 1. The lowest BCUT2D eigenvalue weighted by atomic mass is 10.2. The highest BCUT2D eigenvalue weighted by molar-refractivity contribution is 5.44. The molecule has 0 aliphatic rings. The van der Waals surface area contributed by atoms with Crippen LogP contribution < -0.4 is 5.32 Å². The molecule has 0 aromatic heterocycles. The van der Waals surface area contributed by atoms with Gasteiger partial charge >= 0.3 is 0 Å². The summed E-state index contributed by atoms with van der Waals surface area (Å²) in [5, 5.41) is 3.20. The van der Waals surface area contributed by atoms with Crippen molar-refractivity contribution in [3.8, 4) is 0 Å². The van der Waals surface area contributed by atoms with E-state index in [1.165, 1.54) is 5.56 Å². The Balaban J connectivity index is 2.58. The first kappa shape index (κ1) is 9.07. The second-order valence-corrected chi connectivity index (χ2v) is 2.89. The Morgan fingerprint density at radius 1 is 1.25 bits per heavy atom. The van der Waals surface area contributed by atoms with Crippen molar-refractivity contribution in [2.24, 2.45) is 0 Å². The van der Waals surface area contributed by atoms with Crippen molar-refractivity contribution >= 4 is 5.69 Å². The first-order valence-corrected chi connectivity index (χ1v) is 4.08. The molecular weight excluding hydrogens is 150 g/mol. The van der Waals surface area contributed by atoms with Crippen LogP contribution in [0.25, 0.3) is 0 Å². The van der Waals surface area contributed by atoms with E-state index in [-0.39, 0.29) is 6.23 Å². The largest absolute Gasteiger partial charge is 0.362 e. The number of ether oxygens (including phenoxy) is 1. The Morgan fingerprint density at radius 3 is 2.33 bits per heavy atom. The van der Waals surface area contributed by atoms with Crippen LogP contribution in [-0.4, -0.2) is 13.3 Å². The van der Waals surface area contributed by atoms with Gasteiger partial charge in [-0.1, -0.05) is 17.7 Å². The number of anilines is 1. The zero-order chi connectivity index (χ0) is 8.97. The van der Waals surface area contributed by atoms with Crippen LogP contribution in [0.3, 0.4) is 0 Å². The van der Waals surface area contributed by atoms with E-state index in [1.54, 1.807) is 7.11 Å². The van der Waals surface area contributed by atoms with Gasteiger partial charge in [0.15, 0.2) is 0 Å². The van der Waals surface area contributed by atoms with Crippen molar-refractivity contribution in [1.82, 2.24) is 0 Å². The first-order valence-electron chi connectivity index (χ1n) is 4.08. The SMILES string of the molecule is COC(C)Nc1ccc(C)cc1. The van der Waals surface area contributed by atoms with Crippen molar-refractivity contribution in [2.75, 3.05) is 12.4 Å². The number of hydrogen-bond donors (Lipinski definition) is 1. The lowest BCUT2D eigenvalue weighted by molar-refractivity contribution is 0.141. The molecule has 0 saturated heterocycles. The Morgan fingerprint density at radius 2 is 1.83 bits per heavy atom. The molecule has 66 valence electrons. The number of benzene rings is 1.